The highest BCUT2D eigenvalue weighted by Crippen LogP contribution is 2.39. The number of aryl methyl sites for hydroxylation is 3. The normalized spacial score (nSPS) is 43.8. The maximum Gasteiger partial charge on any atom is 0.306 e. The van der Waals surface area contributed by atoms with E-state index >= 15 is 0 Å². The number of esters is 1. The van der Waals surface area contributed by atoms with Crippen LogP contribution in [0.3, 0.4) is 0 Å². The second-order valence-electron chi connectivity index (χ2n) is 26.7. The van der Waals surface area contributed by atoms with Gasteiger partial charge in [-0.15, -0.1) is 0 Å². The third kappa shape index (κ3) is 18.0. The second-order valence-corrected chi connectivity index (χ2v) is 26.7. The lowest BCUT2D eigenvalue weighted by Gasteiger charge is -2.50. The molecular formula is C65H93N3O37+2. The van der Waals surface area contributed by atoms with Crippen LogP contribution in [0.5, 0.6) is 0 Å². The molecule has 0 saturated carbocycles. The molecule has 2 aromatic heterocycles. The Balaban J connectivity index is 0.817. The highest BCUT2D eigenvalue weighted by atomic mass is 16.8. The minimum absolute atomic E-state index is 0.0500. The van der Waals surface area contributed by atoms with Crippen molar-refractivity contribution in [3.05, 3.63) is 78.9 Å². The van der Waals surface area contributed by atoms with Crippen LogP contribution in [0.4, 0.5) is 5.69 Å². The van der Waals surface area contributed by atoms with Gasteiger partial charge in [-0.1, -0.05) is 12.1 Å². The quantitative estimate of drug-likeness (QED) is 0.0208. The summed E-state index contributed by atoms with van der Waals surface area (Å²) >= 11 is 0. The molecule has 21 aliphatic rings. The number of pyridine rings is 2. The van der Waals surface area contributed by atoms with Gasteiger partial charge in [0.05, 0.1) is 38.7 Å². The summed E-state index contributed by atoms with van der Waals surface area (Å²) in [6, 6.07) is 14.3. The van der Waals surface area contributed by atoms with Gasteiger partial charge in [-0.2, -0.15) is 0 Å². The first kappa shape index (κ1) is 81.1. The van der Waals surface area contributed by atoms with Crippen molar-refractivity contribution in [2.75, 3.05) is 46.2 Å². The first-order chi connectivity index (χ1) is 50.3. The summed E-state index contributed by atoms with van der Waals surface area (Å²) in [6.07, 6.45) is -64.5. The predicted octanol–water partition coefficient (Wildman–Crippen LogP) is -13.1. The van der Waals surface area contributed by atoms with Crippen molar-refractivity contribution < 1.29 is 192 Å². The molecule has 588 valence electrons. The number of rotatable bonds is 16. The third-order valence-corrected chi connectivity index (χ3v) is 19.6. The maximum atomic E-state index is 13.6. The zero-order chi connectivity index (χ0) is 75.4. The molecule has 0 radical (unpaired) electrons. The lowest BCUT2D eigenvalue weighted by atomic mass is 9.95. The van der Waals surface area contributed by atoms with Crippen molar-refractivity contribution in [1.29, 1.82) is 0 Å². The SMILES string of the molecule is C[n+]1ccc(-c2cc[n+](CCC([O-])=Nc3ccc(CCC(=O)OC[C@H]4O[C@@H]5O[C@H]6[C@H](O)[C@@H](O)[C@@H](O[C@H]7[C@H](O)[C@@H](O)[C@@H](O[C@H]8[C@H](O)[C@@H](O)[C@@H](O[C@H]9[C@H](O)[C@@H](O)[C@@H](O[C@H]%10[C@H](O)[C@@H](O)[C@@H](O[C@H]%11[C@H](O)[C@@H](O)[C@@H](O[C@H]4[C@H](O)[C@H]5O)O[C@@H]%11CO)O[C@@H]%10CO)O[C@@H]9C[OH2+])O[C@@H]8CO)O[C@@H]7CO)O[C@@H]6CO)cc3)cc2)cc1. The number of nitrogens with zero attached hydrogens (tertiary/aromatic N) is 3. The molecule has 21 saturated heterocycles. The van der Waals surface area contributed by atoms with Gasteiger partial charge in [-0.05, 0) is 41.1 Å². The highest BCUT2D eigenvalue weighted by molar-refractivity contribution is 5.75. The van der Waals surface area contributed by atoms with Gasteiger partial charge in [0.25, 0.3) is 0 Å². The van der Waals surface area contributed by atoms with Gasteiger partial charge in [0, 0.05) is 37.1 Å². The van der Waals surface area contributed by atoms with Crippen molar-refractivity contribution in [3.8, 4) is 11.1 Å². The Kier molecular flexibility index (Phi) is 27.7. The topological polar surface area (TPSA) is 606 Å². The number of aliphatic hydroxyl groups is 19. The average molecular weight is 1510 g/mol. The second kappa shape index (κ2) is 35.9. The van der Waals surface area contributed by atoms with Crippen LogP contribution < -0.4 is 14.2 Å². The fourth-order valence-electron chi connectivity index (χ4n) is 13.6. The van der Waals surface area contributed by atoms with E-state index < -0.39 is 267 Å². The number of hydrogen-bond donors (Lipinski definition) is 19. The third-order valence-electron chi connectivity index (χ3n) is 19.6. The Labute approximate surface area is 597 Å². The summed E-state index contributed by atoms with van der Waals surface area (Å²) in [5.74, 6) is -1.29. The van der Waals surface area contributed by atoms with Gasteiger partial charge < -0.3 is 178 Å². The smallest absolute Gasteiger partial charge is 0.306 e. The Morgan fingerprint density at radius 1 is 0.400 bits per heavy atom. The minimum Gasteiger partial charge on any atom is -0.862 e. The summed E-state index contributed by atoms with van der Waals surface area (Å²) in [6.45, 7) is -6.76. The van der Waals surface area contributed by atoms with Crippen molar-refractivity contribution in [1.82, 2.24) is 0 Å². The molecule has 105 heavy (non-hydrogen) atoms. The van der Waals surface area contributed by atoms with E-state index in [4.69, 9.17) is 76.2 Å². The number of aliphatic hydroxyl groups excluding tert-OH is 19. The first-order valence-electron chi connectivity index (χ1n) is 34.1. The van der Waals surface area contributed by atoms with Crippen LogP contribution in [0.15, 0.2) is 78.3 Å². The Bertz CT molecular complexity index is 3230. The predicted molar refractivity (Wildman–Crippen MR) is 333 cm³/mol. The van der Waals surface area contributed by atoms with Crippen LogP contribution in [0.2, 0.25) is 0 Å². The van der Waals surface area contributed by atoms with Crippen molar-refractivity contribution in [3.63, 3.8) is 0 Å². The summed E-state index contributed by atoms with van der Waals surface area (Å²) in [5.41, 5.74) is 2.97. The van der Waals surface area contributed by atoms with Crippen LogP contribution >= 0.6 is 0 Å². The van der Waals surface area contributed by atoms with E-state index in [9.17, 15) is 107 Å². The molecule has 35 atom stereocenters. The van der Waals surface area contributed by atoms with Gasteiger partial charge in [0.15, 0.2) is 88.1 Å². The van der Waals surface area contributed by atoms with E-state index in [2.05, 4.69) is 4.99 Å². The van der Waals surface area contributed by atoms with E-state index in [0.29, 0.717) is 17.8 Å². The van der Waals surface area contributed by atoms with Crippen molar-refractivity contribution in [2.24, 2.45) is 12.0 Å². The van der Waals surface area contributed by atoms with E-state index in [-0.39, 0.29) is 25.2 Å². The Morgan fingerprint density at radius 3 is 1.00 bits per heavy atom. The first-order valence-corrected chi connectivity index (χ1v) is 34.1. The highest BCUT2D eigenvalue weighted by Gasteiger charge is 2.60. The standard InChI is InChI=1S/C65H92N3O37/c1-67-13-8-26(9-14-67)27-10-15-68(16-11-27)17-12-36(75)66-28-5-2-25(3-6-28)4-7-37(76)91-24-35-58-44(83)51(90)65(98-35)104-57-34(23-74)96-63(49(88)42(57)81)102-55-32(21-72)94-61(47(86)40(55)79)100-53-30(19-70)92-59(45(84)38(53)77)99-52-29(18-69)93-60(46(85)39(52)78)101-54-31(20-71)95-62(48(87)41(54)80)103-56-33(22-73)97-64(105-58)50(89)43(56)82/h2-3,5-6,8-11,13-16,29-35,38-65,69-74,77-90H,4,7,12,17-24H2,1H3/q+1/p+1/t29-,30-,31-,32-,33-,34-,35-,38-,39-,40-,41-,42-,43-,44-,45-,46-,47-,48-,49-,50-,51-,52-,53-,54-,55-,56-,57-,58-,59-,60-,61-,62-,63-,64-,65-/m1/s1. The Hall–Kier alpha value is -4.90. The molecule has 0 amide bonds. The van der Waals surface area contributed by atoms with Crippen molar-refractivity contribution >= 4 is 17.6 Å². The zero-order valence-corrected chi connectivity index (χ0v) is 56.2. The molecule has 0 aliphatic carbocycles. The van der Waals surface area contributed by atoms with Crippen LogP contribution in [-0.4, -0.2) is 375 Å². The lowest BCUT2D eigenvalue weighted by molar-refractivity contribution is -0.696. The molecule has 1 aromatic carbocycles. The molecule has 21 aliphatic heterocycles. The average Bonchev–Trinajstić information content (AvgIpc) is 0.791. The molecule has 23 heterocycles. The molecule has 0 unspecified atom stereocenters. The fourth-order valence-corrected chi connectivity index (χ4v) is 13.6. The molecule has 40 heteroatoms. The van der Waals surface area contributed by atoms with E-state index in [1.165, 1.54) is 0 Å². The van der Waals surface area contributed by atoms with Crippen LogP contribution in [0.1, 0.15) is 18.4 Å². The van der Waals surface area contributed by atoms with Gasteiger partial charge in [0.2, 0.25) is 0 Å². The monoisotopic (exact) mass is 1510 g/mol. The number of hydrogen-bond acceptors (Lipinski definition) is 37. The fraction of sp³-hybridized carbons (Fsp3) is 0.723. The maximum absolute atomic E-state index is 13.6. The van der Waals surface area contributed by atoms with Gasteiger partial charge in [-0.3, -0.25) is 9.79 Å². The molecule has 21 fully saturated rings. The Morgan fingerprint density at radius 2 is 0.686 bits per heavy atom. The molecule has 24 rings (SSSR count). The van der Waals surface area contributed by atoms with Crippen molar-refractivity contribution in [2.45, 2.75) is 241 Å². The molecule has 0 spiro atoms. The molecule has 3 aromatic rings. The number of benzene rings is 1. The van der Waals surface area contributed by atoms with E-state index in [1.54, 1.807) is 24.3 Å². The van der Waals surface area contributed by atoms with Crippen LogP contribution in [-0.2, 0) is 95.9 Å². The molecule has 21 N–H and O–H groups in total. The summed E-state index contributed by atoms with van der Waals surface area (Å²) in [4.78, 5) is 17.8. The van der Waals surface area contributed by atoms with E-state index in [1.807, 2.05) is 65.2 Å². The van der Waals surface area contributed by atoms with Crippen LogP contribution in [0.25, 0.3) is 11.1 Å². The number of aliphatic imine (C=N–C) groups is 1. The summed E-state index contributed by atoms with van der Waals surface area (Å²) in [5, 5.41) is 236. The summed E-state index contributed by atoms with van der Waals surface area (Å²) < 4.78 is 91.0. The largest absolute Gasteiger partial charge is 0.862 e. The summed E-state index contributed by atoms with van der Waals surface area (Å²) in [7, 11) is 1.92. The van der Waals surface area contributed by atoms with Crippen LogP contribution in [0, 0.1) is 0 Å². The molecular weight excluding hydrogens is 1410 g/mol. The number of carbonyl (C=O) groups is 1. The number of carbonyl (C=O) groups excluding carboxylic acids is 1. The lowest BCUT2D eigenvalue weighted by Crippen LogP contribution is -2.68. The van der Waals surface area contributed by atoms with E-state index in [0.717, 1.165) is 11.1 Å². The zero-order valence-electron chi connectivity index (χ0n) is 56.2. The number of ether oxygens (including phenoxy) is 15. The van der Waals surface area contributed by atoms with Gasteiger partial charge in [-0.25, -0.2) is 9.13 Å². The van der Waals surface area contributed by atoms with Gasteiger partial charge >= 0.3 is 5.97 Å². The molecule has 40 nitrogen and oxygen atoms in total. The minimum atomic E-state index is -2.31. The molecule has 14 bridgehead atoms. The number of aromatic nitrogens is 2. The van der Waals surface area contributed by atoms with Gasteiger partial charge in [0.1, 0.15) is 178 Å².